The molecule has 0 fully saturated rings. The number of hydrogen-bond donors (Lipinski definition) is 2. The Morgan fingerprint density at radius 3 is 2.76 bits per heavy atom. The minimum atomic E-state index is 0.634. The highest BCUT2D eigenvalue weighted by Crippen LogP contribution is 2.32. The molecule has 0 atom stereocenters. The van der Waals surface area contributed by atoms with E-state index in [1.165, 1.54) is 24.4 Å². The Labute approximate surface area is 123 Å². The second-order valence-electron chi connectivity index (χ2n) is 4.34. The standard InChI is InChI=1S/C13H9N7S/c14-7-1-2-8-9(3-7)15-4-19-12(8)21-13-10-11(17-5-16-10)18-6-20-13/h1-6H,14H2,(H,16,17,18,20). The third-order valence-corrected chi connectivity index (χ3v) is 4.03. The van der Waals surface area contributed by atoms with Crippen molar-refractivity contribution in [2.24, 2.45) is 0 Å². The van der Waals surface area contributed by atoms with Crippen LogP contribution in [0.1, 0.15) is 0 Å². The molecule has 3 N–H and O–H groups in total. The van der Waals surface area contributed by atoms with Gasteiger partial charge in [0.25, 0.3) is 0 Å². The fourth-order valence-corrected chi connectivity index (χ4v) is 2.96. The molecule has 0 spiro atoms. The average Bonchev–Trinajstić information content (AvgIpc) is 2.97. The van der Waals surface area contributed by atoms with Crippen LogP contribution in [0, 0.1) is 0 Å². The molecule has 0 saturated carbocycles. The van der Waals surface area contributed by atoms with Crippen LogP contribution in [0.2, 0.25) is 0 Å². The molecule has 7 nitrogen and oxygen atoms in total. The van der Waals surface area contributed by atoms with Gasteiger partial charge in [0.15, 0.2) is 5.65 Å². The van der Waals surface area contributed by atoms with Crippen LogP contribution < -0.4 is 5.73 Å². The molecule has 0 bridgehead atoms. The topological polar surface area (TPSA) is 106 Å². The van der Waals surface area contributed by atoms with Crippen LogP contribution in [-0.2, 0) is 0 Å². The number of benzene rings is 1. The molecule has 102 valence electrons. The number of nitrogens with one attached hydrogen (secondary N) is 1. The van der Waals surface area contributed by atoms with Gasteiger partial charge in [-0.3, -0.25) is 0 Å². The quantitative estimate of drug-likeness (QED) is 0.430. The summed E-state index contributed by atoms with van der Waals surface area (Å²) in [5, 5.41) is 2.52. The molecule has 0 amide bonds. The van der Waals surface area contributed by atoms with Gasteiger partial charge in [-0.25, -0.2) is 24.9 Å². The fraction of sp³-hybridized carbons (Fsp3) is 0. The van der Waals surface area contributed by atoms with E-state index in [1.54, 1.807) is 6.33 Å². The van der Waals surface area contributed by atoms with E-state index in [-0.39, 0.29) is 0 Å². The number of fused-ring (bicyclic) bond motifs is 2. The van der Waals surface area contributed by atoms with Crippen molar-refractivity contribution in [2.45, 2.75) is 10.1 Å². The van der Waals surface area contributed by atoms with E-state index in [1.807, 2.05) is 18.2 Å². The highest BCUT2D eigenvalue weighted by Gasteiger charge is 2.11. The third kappa shape index (κ3) is 2.05. The molecular weight excluding hydrogens is 286 g/mol. The summed E-state index contributed by atoms with van der Waals surface area (Å²) in [4.78, 5) is 24.1. The zero-order valence-corrected chi connectivity index (χ0v) is 11.5. The maximum Gasteiger partial charge on any atom is 0.181 e. The predicted molar refractivity (Wildman–Crippen MR) is 79.8 cm³/mol. The summed E-state index contributed by atoms with van der Waals surface area (Å²) in [7, 11) is 0. The van der Waals surface area contributed by atoms with Gasteiger partial charge >= 0.3 is 0 Å². The summed E-state index contributed by atoms with van der Waals surface area (Å²) in [5.74, 6) is 0. The van der Waals surface area contributed by atoms with Gasteiger partial charge in [0.05, 0.1) is 11.8 Å². The Morgan fingerprint density at radius 2 is 1.81 bits per heavy atom. The van der Waals surface area contributed by atoms with Gasteiger partial charge in [-0.15, -0.1) is 0 Å². The number of hydrogen-bond acceptors (Lipinski definition) is 7. The normalized spacial score (nSPS) is 11.2. The van der Waals surface area contributed by atoms with Crippen LogP contribution >= 0.6 is 11.8 Å². The second kappa shape index (κ2) is 4.67. The molecule has 8 heteroatoms. The predicted octanol–water partition coefficient (Wildman–Crippen LogP) is 2.03. The van der Waals surface area contributed by atoms with Crippen molar-refractivity contribution in [1.29, 1.82) is 0 Å². The fourth-order valence-electron chi connectivity index (χ4n) is 2.04. The molecule has 0 aliphatic heterocycles. The van der Waals surface area contributed by atoms with Gasteiger partial charge < -0.3 is 10.7 Å². The first-order valence-corrected chi connectivity index (χ1v) is 6.95. The zero-order valence-electron chi connectivity index (χ0n) is 10.7. The van der Waals surface area contributed by atoms with Gasteiger partial charge in [-0.2, -0.15) is 0 Å². The van der Waals surface area contributed by atoms with Crippen molar-refractivity contribution >= 4 is 39.5 Å². The van der Waals surface area contributed by atoms with E-state index in [9.17, 15) is 0 Å². The molecule has 0 unspecified atom stereocenters. The lowest BCUT2D eigenvalue weighted by Gasteiger charge is -2.05. The number of nitrogens with zero attached hydrogens (tertiary/aromatic N) is 5. The lowest BCUT2D eigenvalue weighted by atomic mass is 10.2. The van der Waals surface area contributed by atoms with E-state index in [2.05, 4.69) is 29.9 Å². The number of imidazole rings is 1. The van der Waals surface area contributed by atoms with Crippen molar-refractivity contribution < 1.29 is 0 Å². The monoisotopic (exact) mass is 295 g/mol. The molecule has 3 aromatic heterocycles. The molecule has 1 aromatic carbocycles. The largest absolute Gasteiger partial charge is 0.399 e. The number of H-pyrrole nitrogens is 1. The van der Waals surface area contributed by atoms with Crippen LogP contribution in [0.4, 0.5) is 5.69 Å². The number of nitrogens with two attached hydrogens (primary N) is 1. The van der Waals surface area contributed by atoms with Crippen molar-refractivity contribution in [1.82, 2.24) is 29.9 Å². The minimum absolute atomic E-state index is 0.634. The van der Waals surface area contributed by atoms with E-state index in [0.717, 1.165) is 26.5 Å². The maximum absolute atomic E-state index is 5.79. The average molecular weight is 295 g/mol. The first-order chi connectivity index (χ1) is 10.3. The molecule has 0 aliphatic rings. The van der Waals surface area contributed by atoms with Gasteiger partial charge in [0.1, 0.15) is 28.2 Å². The van der Waals surface area contributed by atoms with Crippen molar-refractivity contribution in [2.75, 3.05) is 5.73 Å². The Bertz CT molecular complexity index is 949. The molecule has 0 radical (unpaired) electrons. The lowest BCUT2D eigenvalue weighted by Crippen LogP contribution is -1.91. The first kappa shape index (κ1) is 12.0. The number of aromatic nitrogens is 6. The summed E-state index contributed by atoms with van der Waals surface area (Å²) in [6.07, 6.45) is 4.62. The van der Waals surface area contributed by atoms with E-state index < -0.39 is 0 Å². The summed E-state index contributed by atoms with van der Waals surface area (Å²) in [5.41, 5.74) is 8.70. The van der Waals surface area contributed by atoms with Crippen molar-refractivity contribution in [3.8, 4) is 0 Å². The highest BCUT2D eigenvalue weighted by molar-refractivity contribution is 7.99. The summed E-state index contributed by atoms with van der Waals surface area (Å²) < 4.78 is 0. The van der Waals surface area contributed by atoms with Gasteiger partial charge in [0.2, 0.25) is 0 Å². The molecular formula is C13H9N7S. The van der Waals surface area contributed by atoms with Crippen LogP contribution in [0.5, 0.6) is 0 Å². The Hall–Kier alpha value is -2.74. The highest BCUT2D eigenvalue weighted by atomic mass is 32.2. The lowest BCUT2D eigenvalue weighted by molar-refractivity contribution is 1.06. The van der Waals surface area contributed by atoms with E-state index in [4.69, 9.17) is 5.73 Å². The van der Waals surface area contributed by atoms with Crippen molar-refractivity contribution in [3.05, 3.63) is 37.2 Å². The van der Waals surface area contributed by atoms with Crippen molar-refractivity contribution in [3.63, 3.8) is 0 Å². The molecule has 3 heterocycles. The molecule has 4 rings (SSSR count). The molecule has 0 aliphatic carbocycles. The van der Waals surface area contributed by atoms with E-state index >= 15 is 0 Å². The number of anilines is 1. The van der Waals surface area contributed by atoms with E-state index in [0.29, 0.717) is 11.3 Å². The summed E-state index contributed by atoms with van der Waals surface area (Å²) in [6.45, 7) is 0. The second-order valence-corrected chi connectivity index (χ2v) is 5.31. The van der Waals surface area contributed by atoms with Crippen LogP contribution in [0.3, 0.4) is 0 Å². The maximum atomic E-state index is 5.79. The SMILES string of the molecule is Nc1ccc2c(Sc3ncnc4nc[nH]c34)ncnc2c1. The zero-order chi connectivity index (χ0) is 14.2. The Balaban J connectivity index is 1.86. The van der Waals surface area contributed by atoms with Crippen LogP contribution in [-0.4, -0.2) is 29.9 Å². The summed E-state index contributed by atoms with van der Waals surface area (Å²) in [6, 6.07) is 5.58. The number of aromatic amines is 1. The van der Waals surface area contributed by atoms with Gasteiger partial charge in [-0.05, 0) is 30.0 Å². The molecule has 4 aromatic rings. The van der Waals surface area contributed by atoms with Crippen LogP contribution in [0.25, 0.3) is 22.1 Å². The van der Waals surface area contributed by atoms with Crippen LogP contribution in [0.15, 0.2) is 47.2 Å². The number of nitrogen functional groups attached to an aromatic ring is 1. The smallest absolute Gasteiger partial charge is 0.181 e. The molecule has 21 heavy (non-hydrogen) atoms. The third-order valence-electron chi connectivity index (χ3n) is 3.01. The van der Waals surface area contributed by atoms with Gasteiger partial charge in [0, 0.05) is 11.1 Å². The summed E-state index contributed by atoms with van der Waals surface area (Å²) >= 11 is 1.44. The van der Waals surface area contributed by atoms with Gasteiger partial charge in [-0.1, -0.05) is 0 Å². The first-order valence-electron chi connectivity index (χ1n) is 6.13. The number of rotatable bonds is 2. The Kier molecular flexibility index (Phi) is 2.68. The Morgan fingerprint density at radius 1 is 0.952 bits per heavy atom. The minimum Gasteiger partial charge on any atom is -0.399 e. The molecule has 0 saturated heterocycles.